The van der Waals surface area contributed by atoms with Crippen molar-refractivity contribution in [1.82, 2.24) is 14.9 Å². The average molecular weight is 98.1 g/mol. The second-order valence-electron chi connectivity index (χ2n) is 1.06. The first kappa shape index (κ1) is 4.11. The topological polar surface area (TPSA) is 42.7 Å². The quantitative estimate of drug-likeness (QED) is 0.512. The maximum Gasteiger partial charge on any atom is 0.139 e. The van der Waals surface area contributed by atoms with E-state index in [9.17, 15) is 0 Å². The fourth-order valence-corrected chi connectivity index (χ4v) is 0.324. The van der Waals surface area contributed by atoms with E-state index in [1.807, 2.05) is 0 Å². The lowest BCUT2D eigenvalue weighted by molar-refractivity contribution is 0.780. The van der Waals surface area contributed by atoms with Gasteiger partial charge in [-0.05, 0) is 0 Å². The van der Waals surface area contributed by atoms with E-state index in [0.29, 0.717) is 0 Å². The molecular weight excluding hydrogens is 92.1 g/mol. The van der Waals surface area contributed by atoms with E-state index in [1.165, 1.54) is 11.1 Å². The molecule has 0 spiro atoms. The van der Waals surface area contributed by atoms with E-state index >= 15 is 0 Å². The van der Waals surface area contributed by atoms with Crippen LogP contribution in [0.2, 0.25) is 0 Å². The van der Waals surface area contributed by atoms with Gasteiger partial charge in [0.2, 0.25) is 0 Å². The van der Waals surface area contributed by atoms with Gasteiger partial charge in [-0.15, -0.1) is 5.10 Å². The Labute approximate surface area is 41.1 Å². The molecule has 0 atom stereocenters. The fourth-order valence-electron chi connectivity index (χ4n) is 0.324. The molecule has 7 heavy (non-hydrogen) atoms. The molecule has 4 nitrogen and oxygen atoms in total. The third-order valence-electron chi connectivity index (χ3n) is 0.648. The minimum Gasteiger partial charge on any atom is -0.312 e. The molecule has 4 heteroatoms. The summed E-state index contributed by atoms with van der Waals surface area (Å²) in [6, 6.07) is 0. The highest BCUT2D eigenvalue weighted by molar-refractivity contribution is 4.59. The molecule has 0 aliphatic carbocycles. The molecule has 1 aromatic rings. The second kappa shape index (κ2) is 1.59. The number of nitrogens with one attached hydrogen (secondary N) is 1. The summed E-state index contributed by atoms with van der Waals surface area (Å²) in [6.45, 7) is 0. The highest BCUT2D eigenvalue weighted by Crippen LogP contribution is 1.66. The van der Waals surface area contributed by atoms with Crippen LogP contribution in [-0.2, 0) is 0 Å². The van der Waals surface area contributed by atoms with Crippen LogP contribution in [0.3, 0.4) is 0 Å². The molecule has 1 heterocycles. The van der Waals surface area contributed by atoms with Gasteiger partial charge < -0.3 is 5.43 Å². The first-order valence-corrected chi connectivity index (χ1v) is 1.96. The van der Waals surface area contributed by atoms with Gasteiger partial charge in [0.25, 0.3) is 0 Å². The lowest BCUT2D eigenvalue weighted by Crippen LogP contribution is -2.07. The van der Waals surface area contributed by atoms with Crippen molar-refractivity contribution >= 4 is 0 Å². The molecule has 0 radical (unpaired) electrons. The summed E-state index contributed by atoms with van der Waals surface area (Å²) in [7, 11) is 1.77. The third-order valence-corrected chi connectivity index (χ3v) is 0.648. The Hall–Kier alpha value is -1.06. The molecule has 0 bridgehead atoms. The summed E-state index contributed by atoms with van der Waals surface area (Å²) in [6.07, 6.45) is 3.05. The lowest BCUT2D eigenvalue weighted by Gasteiger charge is -1.91. The summed E-state index contributed by atoms with van der Waals surface area (Å²) >= 11 is 0. The largest absolute Gasteiger partial charge is 0.312 e. The molecule has 0 aliphatic heterocycles. The van der Waals surface area contributed by atoms with Crippen LogP contribution in [0.25, 0.3) is 0 Å². The zero-order valence-electron chi connectivity index (χ0n) is 4.00. The monoisotopic (exact) mass is 98.1 g/mol. The van der Waals surface area contributed by atoms with Gasteiger partial charge in [-0.1, -0.05) is 0 Å². The molecule has 1 N–H and O–H groups in total. The number of hydrogen-bond acceptors (Lipinski definition) is 3. The van der Waals surface area contributed by atoms with Gasteiger partial charge in [-0.25, -0.2) is 4.98 Å². The normalized spacial score (nSPS) is 8.71. The van der Waals surface area contributed by atoms with Gasteiger partial charge in [0.05, 0.1) is 0 Å². The standard InChI is InChI=1S/C3H6N4/c1-4-7-3-5-2-6-7/h2-4H,1H3. The fraction of sp³-hybridized carbons (Fsp3) is 0.333. The lowest BCUT2D eigenvalue weighted by atomic mass is 11.3. The molecule has 0 unspecified atom stereocenters. The molecular formula is C3H6N4. The third kappa shape index (κ3) is 0.677. The van der Waals surface area contributed by atoms with Crippen molar-refractivity contribution in [3.8, 4) is 0 Å². The van der Waals surface area contributed by atoms with Crippen LogP contribution < -0.4 is 5.43 Å². The van der Waals surface area contributed by atoms with Crippen LogP contribution in [0.1, 0.15) is 0 Å². The molecule has 0 aromatic carbocycles. The minimum absolute atomic E-state index is 1.47. The van der Waals surface area contributed by atoms with Crippen molar-refractivity contribution < 1.29 is 0 Å². The van der Waals surface area contributed by atoms with Crippen LogP contribution >= 0.6 is 0 Å². The van der Waals surface area contributed by atoms with Crippen LogP contribution in [0.5, 0.6) is 0 Å². The minimum atomic E-state index is 1.47. The predicted molar refractivity (Wildman–Crippen MR) is 25.3 cm³/mol. The van der Waals surface area contributed by atoms with Gasteiger partial charge in [0.15, 0.2) is 0 Å². The average Bonchev–Trinajstić information content (AvgIpc) is 2.14. The van der Waals surface area contributed by atoms with Crippen LogP contribution in [0.4, 0.5) is 0 Å². The van der Waals surface area contributed by atoms with Crippen molar-refractivity contribution in [2.45, 2.75) is 0 Å². The van der Waals surface area contributed by atoms with Crippen molar-refractivity contribution in [2.75, 3.05) is 12.5 Å². The van der Waals surface area contributed by atoms with Crippen LogP contribution in [0.15, 0.2) is 12.7 Å². The SMILES string of the molecule is CNn1cncn1. The maximum absolute atomic E-state index is 3.73. The Bertz CT molecular complexity index is 121. The zero-order chi connectivity index (χ0) is 5.11. The van der Waals surface area contributed by atoms with E-state index in [-0.39, 0.29) is 0 Å². The van der Waals surface area contributed by atoms with Gasteiger partial charge in [0, 0.05) is 7.05 Å². The maximum atomic E-state index is 3.73. The van der Waals surface area contributed by atoms with Gasteiger partial charge in [0.1, 0.15) is 12.7 Å². The Balaban J connectivity index is 2.76. The van der Waals surface area contributed by atoms with Crippen molar-refractivity contribution in [1.29, 1.82) is 0 Å². The molecule has 0 saturated carbocycles. The summed E-state index contributed by atoms with van der Waals surface area (Å²) in [5, 5.41) is 3.73. The Morgan fingerprint density at radius 1 is 1.71 bits per heavy atom. The summed E-state index contributed by atoms with van der Waals surface area (Å²) in [4.78, 5) is 5.20. The van der Waals surface area contributed by atoms with E-state index in [1.54, 1.807) is 13.4 Å². The predicted octanol–water partition coefficient (Wildman–Crippen LogP) is -0.549. The van der Waals surface area contributed by atoms with Crippen molar-refractivity contribution in [2.24, 2.45) is 0 Å². The second-order valence-corrected chi connectivity index (χ2v) is 1.06. The molecule has 0 fully saturated rings. The highest BCUT2D eigenvalue weighted by atomic mass is 15.6. The van der Waals surface area contributed by atoms with Crippen molar-refractivity contribution in [3.63, 3.8) is 0 Å². The van der Waals surface area contributed by atoms with E-state index < -0.39 is 0 Å². The molecule has 0 aliphatic rings. The number of rotatable bonds is 1. The van der Waals surface area contributed by atoms with Gasteiger partial charge in [-0.3, -0.25) is 0 Å². The first-order chi connectivity index (χ1) is 3.43. The van der Waals surface area contributed by atoms with E-state index in [2.05, 4.69) is 15.5 Å². The molecule has 0 saturated heterocycles. The Kier molecular flexibility index (Phi) is 0.934. The van der Waals surface area contributed by atoms with Gasteiger partial charge in [-0.2, -0.15) is 4.79 Å². The zero-order valence-corrected chi connectivity index (χ0v) is 4.00. The Morgan fingerprint density at radius 3 is 2.86 bits per heavy atom. The highest BCUT2D eigenvalue weighted by Gasteiger charge is 1.76. The Morgan fingerprint density at radius 2 is 2.57 bits per heavy atom. The molecule has 38 valence electrons. The van der Waals surface area contributed by atoms with Crippen LogP contribution in [-0.4, -0.2) is 21.9 Å². The summed E-state index contributed by atoms with van der Waals surface area (Å²) in [5.41, 5.74) is 2.75. The number of aromatic nitrogens is 3. The van der Waals surface area contributed by atoms with Crippen molar-refractivity contribution in [3.05, 3.63) is 12.7 Å². The number of hydrogen-bond donors (Lipinski definition) is 1. The molecule has 0 amide bonds. The van der Waals surface area contributed by atoms with E-state index in [4.69, 9.17) is 0 Å². The smallest absolute Gasteiger partial charge is 0.139 e. The summed E-state index contributed by atoms with van der Waals surface area (Å²) in [5.74, 6) is 0. The van der Waals surface area contributed by atoms with Gasteiger partial charge >= 0.3 is 0 Å². The summed E-state index contributed by atoms with van der Waals surface area (Å²) < 4.78 is 0. The number of nitrogens with zero attached hydrogens (tertiary/aromatic N) is 3. The van der Waals surface area contributed by atoms with Crippen LogP contribution in [0, 0.1) is 0 Å². The first-order valence-electron chi connectivity index (χ1n) is 1.96. The molecule has 1 rings (SSSR count). The van der Waals surface area contributed by atoms with E-state index in [0.717, 1.165) is 0 Å². The molecule has 1 aromatic heterocycles.